The number of aromatic hydroxyl groups is 5. The third-order valence-electron chi connectivity index (χ3n) is 13.2. The summed E-state index contributed by atoms with van der Waals surface area (Å²) in [6.07, 6.45) is 9.81. The minimum absolute atomic E-state index is 0.0885. The molecular formula is C70H89N9O21. The summed E-state index contributed by atoms with van der Waals surface area (Å²) in [5.41, 5.74) is 9.56. The SMILES string of the molecule is CCCOC(=O)C(Cc1ccc(O)cc1)NC(=O)NC(Cc1ccc(O)cc1)OC(=O)CCC.CCCOC(=O)C(Cc1ccc(O)cc1)NC(=O)O.CCCOC(=O)C(Cc1ccc(O)cc1)NC(=O)n1ccnc1.CCCOC(=O)C(N)Cc1ccc(O)cc1.O=C(O)n1ccnc1. The van der Waals surface area contributed by atoms with Crippen LogP contribution in [0.15, 0.2) is 159 Å². The Balaban J connectivity index is 0.000000345. The Morgan fingerprint density at radius 3 is 1.07 bits per heavy atom. The van der Waals surface area contributed by atoms with Crippen LogP contribution in [0.5, 0.6) is 28.7 Å². The summed E-state index contributed by atoms with van der Waals surface area (Å²) >= 11 is 0. The molecule has 540 valence electrons. The standard InChI is InChI=1S/C25H32N2O7.C16H19N3O4.C13H17NO5.C12H17NO3.C4H4N2O2/c1-3-5-23(30)34-22(16-18-8-12-20(29)13-9-18)27-25(32)26-21(24(31)33-14-4-2)15-17-6-10-19(28)11-7-17;1-2-9-23-15(21)14(10-12-3-5-13(20)6-4-12)18-16(22)19-8-7-17-11-19;1-2-7-19-12(16)11(14-13(17)18)8-9-3-5-10(15)6-4-9;1-2-7-16-12(15)11(13)8-9-3-5-10(14)6-4-9;7-4(8)6-2-1-5-3-6/h6-13,21-22,28-29H,3-5,14-16H2,1-2H3,(H2,26,27,32);3-8,11,14,20H,2,9-10H2,1H3,(H,18,22);3-6,11,14-15H,2,7-8H2,1H3,(H,17,18);3-6,11,14H,2,7-8,13H2,1H3;1-3H,(H,7,8). The summed E-state index contributed by atoms with van der Waals surface area (Å²) < 4.78 is 27.9. The van der Waals surface area contributed by atoms with E-state index < -0.39 is 78.5 Å². The first-order valence-corrected chi connectivity index (χ1v) is 31.9. The van der Waals surface area contributed by atoms with Gasteiger partial charge in [0.25, 0.3) is 0 Å². The normalized spacial score (nSPS) is 11.7. The summed E-state index contributed by atoms with van der Waals surface area (Å²) in [6, 6.07) is 27.3. The van der Waals surface area contributed by atoms with E-state index in [2.05, 4.69) is 31.2 Å². The molecule has 13 N–H and O–H groups in total. The summed E-state index contributed by atoms with van der Waals surface area (Å²) in [6.45, 7) is 10.6. The predicted octanol–water partition coefficient (Wildman–Crippen LogP) is 8.03. The Kier molecular flexibility index (Phi) is 38.4. The van der Waals surface area contributed by atoms with E-state index >= 15 is 0 Å². The van der Waals surface area contributed by atoms with Gasteiger partial charge in [-0.2, -0.15) is 0 Å². The first-order valence-electron chi connectivity index (χ1n) is 31.9. The van der Waals surface area contributed by atoms with Crippen LogP contribution < -0.4 is 27.0 Å². The number of phenols is 5. The van der Waals surface area contributed by atoms with Gasteiger partial charge in [0.15, 0.2) is 6.23 Å². The number of urea groups is 1. The Morgan fingerprint density at radius 1 is 0.420 bits per heavy atom. The van der Waals surface area contributed by atoms with E-state index in [4.69, 9.17) is 49.8 Å². The minimum atomic E-state index is -1.28. The predicted molar refractivity (Wildman–Crippen MR) is 363 cm³/mol. The first kappa shape index (κ1) is 82.5. The average molecular weight is 1390 g/mol. The second-order valence-corrected chi connectivity index (χ2v) is 21.8. The highest BCUT2D eigenvalue weighted by Crippen LogP contribution is 2.17. The zero-order valence-corrected chi connectivity index (χ0v) is 56.2. The average Bonchev–Trinajstić information content (AvgIpc) is 1.19. The number of hydrogen-bond donors (Lipinski definition) is 12. The molecule has 0 aliphatic carbocycles. The molecular weight excluding hydrogens is 1300 g/mol. The molecule has 0 radical (unpaired) electrons. The number of rotatable bonds is 29. The minimum Gasteiger partial charge on any atom is -0.508 e. The Labute approximate surface area is 578 Å². The van der Waals surface area contributed by atoms with E-state index in [-0.39, 0.29) is 80.0 Å². The molecule has 30 heteroatoms. The number of phenolic OH excluding ortho intramolecular Hbond substituents is 5. The lowest BCUT2D eigenvalue weighted by Gasteiger charge is -2.22. The topological polar surface area (TPSA) is 451 Å². The molecule has 2 heterocycles. The van der Waals surface area contributed by atoms with Gasteiger partial charge in [-0.1, -0.05) is 95.3 Å². The van der Waals surface area contributed by atoms with E-state index in [1.54, 1.807) is 72.8 Å². The fourth-order valence-electron chi connectivity index (χ4n) is 8.23. The van der Waals surface area contributed by atoms with Gasteiger partial charge in [-0.15, -0.1) is 0 Å². The number of ether oxygens (including phenoxy) is 5. The van der Waals surface area contributed by atoms with Crippen molar-refractivity contribution in [1.29, 1.82) is 0 Å². The number of imidazole rings is 2. The summed E-state index contributed by atoms with van der Waals surface area (Å²) in [5, 5.41) is 73.4. The highest BCUT2D eigenvalue weighted by atomic mass is 16.6. The highest BCUT2D eigenvalue weighted by molar-refractivity contribution is 5.86. The van der Waals surface area contributed by atoms with Crippen molar-refractivity contribution in [3.05, 3.63) is 187 Å². The van der Waals surface area contributed by atoms with Crippen LogP contribution in [-0.2, 0) is 79.8 Å². The first-order chi connectivity index (χ1) is 47.9. The molecule has 0 fully saturated rings. The number of benzene rings is 5. The zero-order chi connectivity index (χ0) is 73.8. The van der Waals surface area contributed by atoms with Crippen LogP contribution in [0.2, 0.25) is 0 Å². The second-order valence-electron chi connectivity index (χ2n) is 21.8. The number of amides is 4. The number of aromatic nitrogens is 4. The smallest absolute Gasteiger partial charge is 0.416 e. The van der Waals surface area contributed by atoms with Gasteiger partial charge in [0.2, 0.25) is 0 Å². The molecule has 0 aliphatic rings. The van der Waals surface area contributed by atoms with Crippen LogP contribution in [0.3, 0.4) is 0 Å². The van der Waals surface area contributed by atoms with Crippen molar-refractivity contribution in [1.82, 2.24) is 40.4 Å². The summed E-state index contributed by atoms with van der Waals surface area (Å²) in [7, 11) is 0. The molecule has 0 aliphatic heterocycles. The van der Waals surface area contributed by atoms with E-state index in [1.807, 2.05) is 34.6 Å². The van der Waals surface area contributed by atoms with Gasteiger partial charge in [-0.25, -0.2) is 48.1 Å². The number of carbonyl (C=O) groups is 9. The third kappa shape index (κ3) is 34.3. The van der Waals surface area contributed by atoms with Gasteiger partial charge in [0.05, 0.1) is 26.4 Å². The maximum atomic E-state index is 12.8. The lowest BCUT2D eigenvalue weighted by Crippen LogP contribution is -2.51. The number of nitrogens with two attached hydrogens (primary N) is 1. The molecule has 2 aromatic heterocycles. The lowest BCUT2D eigenvalue weighted by atomic mass is 10.1. The van der Waals surface area contributed by atoms with Gasteiger partial charge in [-0.05, 0) is 127 Å². The van der Waals surface area contributed by atoms with Crippen molar-refractivity contribution in [2.45, 2.75) is 136 Å². The van der Waals surface area contributed by atoms with Crippen molar-refractivity contribution in [2.24, 2.45) is 5.73 Å². The maximum absolute atomic E-state index is 12.8. The van der Waals surface area contributed by atoms with Crippen LogP contribution in [0.4, 0.5) is 19.2 Å². The molecule has 5 unspecified atom stereocenters. The van der Waals surface area contributed by atoms with Gasteiger partial charge >= 0.3 is 54.1 Å². The van der Waals surface area contributed by atoms with E-state index in [0.29, 0.717) is 50.9 Å². The monoisotopic (exact) mass is 1390 g/mol. The molecule has 0 saturated carbocycles. The van der Waals surface area contributed by atoms with E-state index in [0.717, 1.165) is 33.2 Å². The zero-order valence-electron chi connectivity index (χ0n) is 56.2. The number of nitrogens with zero attached hydrogens (tertiary/aromatic N) is 4. The Bertz CT molecular complexity index is 3540. The van der Waals surface area contributed by atoms with Crippen molar-refractivity contribution in [2.75, 3.05) is 26.4 Å². The fourth-order valence-corrected chi connectivity index (χ4v) is 8.23. The van der Waals surface area contributed by atoms with Crippen molar-refractivity contribution in [3.8, 4) is 28.7 Å². The molecule has 4 amide bonds. The van der Waals surface area contributed by atoms with E-state index in [1.165, 1.54) is 90.5 Å². The number of carboxylic acid groups (broad SMARTS) is 2. The van der Waals surface area contributed by atoms with Crippen LogP contribution in [-0.4, -0.2) is 166 Å². The molecule has 0 bridgehead atoms. The van der Waals surface area contributed by atoms with Crippen molar-refractivity contribution in [3.63, 3.8) is 0 Å². The molecule has 100 heavy (non-hydrogen) atoms. The van der Waals surface area contributed by atoms with Crippen LogP contribution in [0.25, 0.3) is 0 Å². The van der Waals surface area contributed by atoms with Gasteiger partial charge in [0.1, 0.15) is 65.6 Å². The number of hydrogen-bond acceptors (Lipinski definition) is 22. The highest BCUT2D eigenvalue weighted by Gasteiger charge is 2.27. The second kappa shape index (κ2) is 46.5. The molecule has 7 rings (SSSR count). The molecule has 7 aromatic rings. The molecule has 0 spiro atoms. The Hall–Kier alpha value is -11.7. The largest absolute Gasteiger partial charge is 0.508 e. The Morgan fingerprint density at radius 2 is 0.750 bits per heavy atom. The lowest BCUT2D eigenvalue weighted by molar-refractivity contribution is -0.150. The molecule has 5 atom stereocenters. The van der Waals surface area contributed by atoms with Crippen LogP contribution in [0, 0.1) is 0 Å². The third-order valence-corrected chi connectivity index (χ3v) is 13.2. The van der Waals surface area contributed by atoms with Crippen molar-refractivity contribution >= 4 is 54.1 Å². The van der Waals surface area contributed by atoms with Crippen molar-refractivity contribution < 1.29 is 103 Å². The van der Waals surface area contributed by atoms with Crippen LogP contribution >= 0.6 is 0 Å². The van der Waals surface area contributed by atoms with Gasteiger partial charge in [0, 0.05) is 56.9 Å². The number of carbonyl (C=O) groups excluding carboxylic acids is 7. The summed E-state index contributed by atoms with van der Waals surface area (Å²) in [4.78, 5) is 113. The number of nitrogens with one attached hydrogen (secondary N) is 4. The quantitative estimate of drug-likeness (QED) is 0.0120. The fraction of sp³-hybridized carbons (Fsp3) is 0.357. The van der Waals surface area contributed by atoms with E-state index in [9.17, 15) is 58.5 Å². The van der Waals surface area contributed by atoms with Gasteiger partial charge < -0.3 is 86.4 Å². The number of esters is 5. The van der Waals surface area contributed by atoms with Crippen LogP contribution in [0.1, 0.15) is 101 Å². The summed E-state index contributed by atoms with van der Waals surface area (Å²) in [5.74, 6) is -1.90. The molecule has 5 aromatic carbocycles. The maximum Gasteiger partial charge on any atom is 0.416 e. The van der Waals surface area contributed by atoms with Gasteiger partial charge in [-0.3, -0.25) is 14.2 Å². The molecule has 0 saturated heterocycles. The molecule has 30 nitrogen and oxygen atoms in total.